The predicted octanol–water partition coefficient (Wildman–Crippen LogP) is 2.32. The van der Waals surface area contributed by atoms with Gasteiger partial charge in [-0.1, -0.05) is 25.1 Å². The zero-order valence-electron chi connectivity index (χ0n) is 11.4. The van der Waals surface area contributed by atoms with Crippen molar-refractivity contribution in [2.45, 2.75) is 18.4 Å². The van der Waals surface area contributed by atoms with E-state index in [1.165, 1.54) is 12.4 Å². The Morgan fingerprint density at radius 1 is 1.19 bits per heavy atom. The fraction of sp³-hybridized carbons (Fsp3) is 0.143. The maximum atomic E-state index is 12.3. The van der Waals surface area contributed by atoms with E-state index >= 15 is 0 Å². The van der Waals surface area contributed by atoms with E-state index in [-0.39, 0.29) is 5.03 Å². The largest absolute Gasteiger partial charge is 0.332 e. The Labute approximate surface area is 122 Å². The van der Waals surface area contributed by atoms with Crippen molar-refractivity contribution in [1.29, 1.82) is 0 Å². The number of aromatic nitrogens is 3. The molecular weight excluding hydrogens is 288 g/mol. The van der Waals surface area contributed by atoms with Crippen LogP contribution >= 0.6 is 0 Å². The van der Waals surface area contributed by atoms with Crippen LogP contribution in [-0.4, -0.2) is 23.4 Å². The Morgan fingerprint density at radius 3 is 2.76 bits per heavy atom. The molecule has 3 rings (SSSR count). The first-order valence-electron chi connectivity index (χ1n) is 6.50. The van der Waals surface area contributed by atoms with Crippen molar-refractivity contribution in [3.8, 4) is 0 Å². The number of nitrogens with one attached hydrogen (secondary N) is 2. The summed E-state index contributed by atoms with van der Waals surface area (Å²) in [6.45, 7) is 1.90. The fourth-order valence-corrected chi connectivity index (χ4v) is 2.97. The fourth-order valence-electron chi connectivity index (χ4n) is 2.00. The summed E-state index contributed by atoms with van der Waals surface area (Å²) in [5.74, 6) is 0.631. The number of sulfonamides is 1. The highest BCUT2D eigenvalue weighted by Crippen LogP contribution is 2.19. The van der Waals surface area contributed by atoms with E-state index in [1.54, 1.807) is 6.07 Å². The van der Waals surface area contributed by atoms with Crippen molar-refractivity contribution in [2.24, 2.45) is 0 Å². The van der Waals surface area contributed by atoms with Gasteiger partial charge in [-0.25, -0.2) is 4.98 Å². The summed E-state index contributed by atoms with van der Waals surface area (Å²) < 4.78 is 27.0. The van der Waals surface area contributed by atoms with Crippen LogP contribution in [0.15, 0.2) is 47.8 Å². The normalized spacial score (nSPS) is 11.7. The van der Waals surface area contributed by atoms with Gasteiger partial charge in [0.2, 0.25) is 0 Å². The Balaban J connectivity index is 1.93. The second-order valence-corrected chi connectivity index (χ2v) is 6.22. The molecule has 6 nitrogen and oxygen atoms in total. The van der Waals surface area contributed by atoms with Crippen LogP contribution in [-0.2, 0) is 16.4 Å². The van der Waals surface area contributed by atoms with Gasteiger partial charge >= 0.3 is 0 Å². The number of nitrogens with zero attached hydrogens (tertiary/aromatic N) is 2. The van der Waals surface area contributed by atoms with Crippen LogP contribution in [0.4, 0.5) is 5.69 Å². The van der Waals surface area contributed by atoms with Crippen LogP contribution in [0.5, 0.6) is 0 Å². The Morgan fingerprint density at radius 2 is 2.00 bits per heavy atom. The van der Waals surface area contributed by atoms with E-state index < -0.39 is 10.0 Å². The number of aryl methyl sites for hydroxylation is 1. The first-order chi connectivity index (χ1) is 10.1. The minimum absolute atomic E-state index is 0.0486. The number of hydrogen-bond acceptors (Lipinski definition) is 4. The van der Waals surface area contributed by atoms with Gasteiger partial charge < -0.3 is 4.98 Å². The van der Waals surface area contributed by atoms with Crippen molar-refractivity contribution in [1.82, 2.24) is 15.0 Å². The third kappa shape index (κ3) is 2.73. The molecular formula is C14H14N4O2S. The molecule has 108 valence electrons. The summed E-state index contributed by atoms with van der Waals surface area (Å²) in [5.41, 5.74) is 1.23. The SMILES string of the molecule is CCc1ncc(S(=O)(=O)Nc2cnc3ccccc3c2)[nH]1. The number of aromatic amines is 1. The average Bonchev–Trinajstić information content (AvgIpc) is 2.96. The van der Waals surface area contributed by atoms with Gasteiger partial charge in [0.25, 0.3) is 10.0 Å². The van der Waals surface area contributed by atoms with Crippen LogP contribution in [0.3, 0.4) is 0 Å². The molecule has 2 heterocycles. The molecule has 7 heteroatoms. The van der Waals surface area contributed by atoms with Crippen molar-refractivity contribution in [2.75, 3.05) is 4.72 Å². The number of pyridine rings is 1. The van der Waals surface area contributed by atoms with Crippen molar-refractivity contribution < 1.29 is 8.42 Å². The minimum atomic E-state index is -3.68. The van der Waals surface area contributed by atoms with Crippen molar-refractivity contribution >= 4 is 26.6 Å². The topological polar surface area (TPSA) is 87.7 Å². The van der Waals surface area contributed by atoms with E-state index in [1.807, 2.05) is 31.2 Å². The van der Waals surface area contributed by atoms with Gasteiger partial charge in [-0.3, -0.25) is 9.71 Å². The minimum Gasteiger partial charge on any atom is -0.332 e. The first kappa shape index (κ1) is 13.6. The van der Waals surface area contributed by atoms with Crippen LogP contribution in [0, 0.1) is 0 Å². The molecule has 0 amide bonds. The third-order valence-electron chi connectivity index (χ3n) is 3.07. The molecule has 1 aromatic carbocycles. The molecule has 0 aliphatic rings. The lowest BCUT2D eigenvalue weighted by Crippen LogP contribution is -2.13. The second kappa shape index (κ2) is 5.17. The molecule has 0 saturated heterocycles. The average molecular weight is 302 g/mol. The van der Waals surface area contributed by atoms with Crippen LogP contribution in [0.25, 0.3) is 10.9 Å². The molecule has 0 saturated carbocycles. The lowest BCUT2D eigenvalue weighted by molar-refractivity contribution is 0.598. The number of imidazole rings is 1. The van der Waals surface area contributed by atoms with Gasteiger partial charge in [0, 0.05) is 11.8 Å². The van der Waals surface area contributed by atoms with Crippen molar-refractivity contribution in [3.05, 3.63) is 48.5 Å². The van der Waals surface area contributed by atoms with Gasteiger partial charge in [-0.2, -0.15) is 8.42 Å². The monoisotopic (exact) mass is 302 g/mol. The molecule has 2 N–H and O–H groups in total. The maximum absolute atomic E-state index is 12.3. The highest BCUT2D eigenvalue weighted by Gasteiger charge is 2.17. The number of rotatable bonds is 4. The van der Waals surface area contributed by atoms with E-state index in [0.29, 0.717) is 17.9 Å². The number of H-pyrrole nitrogens is 1. The van der Waals surface area contributed by atoms with Gasteiger partial charge in [0.15, 0.2) is 5.03 Å². The van der Waals surface area contributed by atoms with Crippen LogP contribution in [0.2, 0.25) is 0 Å². The Bertz CT molecular complexity index is 887. The molecule has 21 heavy (non-hydrogen) atoms. The molecule has 0 aliphatic heterocycles. The third-order valence-corrected chi connectivity index (χ3v) is 4.36. The molecule has 0 radical (unpaired) electrons. The predicted molar refractivity (Wildman–Crippen MR) is 80.5 cm³/mol. The van der Waals surface area contributed by atoms with Gasteiger partial charge in [0.05, 0.1) is 23.6 Å². The summed E-state index contributed by atoms with van der Waals surface area (Å²) in [4.78, 5) is 11.0. The number of benzene rings is 1. The quantitative estimate of drug-likeness (QED) is 0.774. The number of anilines is 1. The Kier molecular flexibility index (Phi) is 3.34. The smallest absolute Gasteiger partial charge is 0.279 e. The molecule has 0 fully saturated rings. The second-order valence-electron chi connectivity index (χ2n) is 4.57. The number of hydrogen-bond donors (Lipinski definition) is 2. The van der Waals surface area contributed by atoms with E-state index in [0.717, 1.165) is 10.9 Å². The number of fused-ring (bicyclic) bond motifs is 1. The Hall–Kier alpha value is -2.41. The zero-order chi connectivity index (χ0) is 14.9. The number of para-hydroxylation sites is 1. The summed E-state index contributed by atoms with van der Waals surface area (Å²) in [5, 5.41) is 0.920. The highest BCUT2D eigenvalue weighted by atomic mass is 32.2. The highest BCUT2D eigenvalue weighted by molar-refractivity contribution is 7.92. The standard InChI is InChI=1S/C14H14N4O2S/c1-2-13-16-9-14(17-13)21(19,20)18-11-7-10-5-3-4-6-12(10)15-8-11/h3-9,18H,2H2,1H3,(H,16,17). The van der Waals surface area contributed by atoms with Crippen LogP contribution < -0.4 is 4.72 Å². The molecule has 0 unspecified atom stereocenters. The first-order valence-corrected chi connectivity index (χ1v) is 7.98. The summed E-state index contributed by atoms with van der Waals surface area (Å²) >= 11 is 0. The molecule has 2 aromatic heterocycles. The molecule has 0 atom stereocenters. The van der Waals surface area contributed by atoms with Gasteiger partial charge in [0.1, 0.15) is 5.82 Å². The van der Waals surface area contributed by atoms with Gasteiger partial charge in [-0.15, -0.1) is 0 Å². The maximum Gasteiger partial charge on any atom is 0.279 e. The van der Waals surface area contributed by atoms with E-state index in [9.17, 15) is 8.42 Å². The zero-order valence-corrected chi connectivity index (χ0v) is 12.2. The molecule has 3 aromatic rings. The van der Waals surface area contributed by atoms with E-state index in [2.05, 4.69) is 19.7 Å². The molecule has 0 bridgehead atoms. The summed E-state index contributed by atoms with van der Waals surface area (Å²) in [6.07, 6.45) is 3.46. The lowest BCUT2D eigenvalue weighted by atomic mass is 10.2. The molecule has 0 aliphatic carbocycles. The summed E-state index contributed by atoms with van der Waals surface area (Å²) in [7, 11) is -3.68. The lowest BCUT2D eigenvalue weighted by Gasteiger charge is -2.06. The van der Waals surface area contributed by atoms with Crippen LogP contribution in [0.1, 0.15) is 12.7 Å². The van der Waals surface area contributed by atoms with E-state index in [4.69, 9.17) is 0 Å². The van der Waals surface area contributed by atoms with Gasteiger partial charge in [-0.05, 0) is 12.1 Å². The van der Waals surface area contributed by atoms with Crippen molar-refractivity contribution in [3.63, 3.8) is 0 Å². The molecule has 0 spiro atoms. The summed E-state index contributed by atoms with van der Waals surface area (Å²) in [6, 6.07) is 9.26.